The molecular weight excluding hydrogens is 278 g/mol. The van der Waals surface area contributed by atoms with E-state index in [-0.39, 0.29) is 6.61 Å². The molecule has 0 heterocycles. The van der Waals surface area contributed by atoms with Gasteiger partial charge in [0.05, 0.1) is 17.6 Å². The molecule has 0 saturated carbocycles. The molecule has 0 aromatic heterocycles. The normalized spacial score (nSPS) is 11.1. The summed E-state index contributed by atoms with van der Waals surface area (Å²) in [6.45, 7) is 0.0320. The number of nitrogens with zero attached hydrogens (tertiary/aromatic N) is 1. The molecule has 5 nitrogen and oxygen atoms in total. The Morgan fingerprint density at radius 3 is 2.32 bits per heavy atom. The van der Waals surface area contributed by atoms with Gasteiger partial charge in [-0.25, -0.2) is 22.3 Å². The molecule has 0 fully saturated rings. The molecule has 0 spiro atoms. The van der Waals surface area contributed by atoms with Crippen LogP contribution in [-0.2, 0) is 10.0 Å². The van der Waals surface area contributed by atoms with E-state index in [1.54, 1.807) is 0 Å². The summed E-state index contributed by atoms with van der Waals surface area (Å²) in [6.07, 6.45) is 1.34. The standard InChI is InChI=1S/C11H12F2N2O3S/c12-9-6-8(19(15,16)17)7-10(13)11(9)18-5-3-1-2-4-14/h6-7H,1-3,5H2,(H2,15,16,17). The third kappa shape index (κ3) is 4.46. The number of rotatable bonds is 6. The van der Waals surface area contributed by atoms with Crippen LogP contribution < -0.4 is 9.88 Å². The van der Waals surface area contributed by atoms with Crippen molar-refractivity contribution < 1.29 is 21.9 Å². The average Bonchev–Trinajstić information content (AvgIpc) is 2.30. The fraction of sp³-hybridized carbons (Fsp3) is 0.364. The smallest absolute Gasteiger partial charge is 0.238 e. The first-order valence-corrected chi connectivity index (χ1v) is 6.92. The number of hydrogen-bond acceptors (Lipinski definition) is 4. The predicted octanol–water partition coefficient (Wildman–Crippen LogP) is 1.68. The van der Waals surface area contributed by atoms with Crippen molar-refractivity contribution >= 4 is 10.0 Å². The highest BCUT2D eigenvalue weighted by Crippen LogP contribution is 2.25. The van der Waals surface area contributed by atoms with E-state index >= 15 is 0 Å². The second-order valence-electron chi connectivity index (χ2n) is 3.72. The van der Waals surface area contributed by atoms with Crippen LogP contribution >= 0.6 is 0 Å². The lowest BCUT2D eigenvalue weighted by Crippen LogP contribution is -2.13. The van der Waals surface area contributed by atoms with Gasteiger partial charge in [-0.2, -0.15) is 5.26 Å². The van der Waals surface area contributed by atoms with Crippen LogP contribution in [0.25, 0.3) is 0 Å². The molecule has 0 aliphatic rings. The number of unbranched alkanes of at least 4 members (excludes halogenated alkanes) is 2. The van der Waals surface area contributed by atoms with E-state index < -0.39 is 32.3 Å². The summed E-state index contributed by atoms with van der Waals surface area (Å²) >= 11 is 0. The topological polar surface area (TPSA) is 93.2 Å². The van der Waals surface area contributed by atoms with Gasteiger partial charge in [-0.15, -0.1) is 0 Å². The number of nitrogens with two attached hydrogens (primary N) is 1. The van der Waals surface area contributed by atoms with Gasteiger partial charge in [-0.3, -0.25) is 0 Å². The van der Waals surface area contributed by atoms with E-state index in [4.69, 9.17) is 15.1 Å². The zero-order chi connectivity index (χ0) is 14.5. The third-order valence-electron chi connectivity index (χ3n) is 2.23. The zero-order valence-electron chi connectivity index (χ0n) is 9.90. The van der Waals surface area contributed by atoms with Crippen molar-refractivity contribution in [3.63, 3.8) is 0 Å². The highest BCUT2D eigenvalue weighted by molar-refractivity contribution is 7.89. The van der Waals surface area contributed by atoms with E-state index in [9.17, 15) is 17.2 Å². The molecule has 0 saturated heterocycles. The van der Waals surface area contributed by atoms with Crippen molar-refractivity contribution in [3.05, 3.63) is 23.8 Å². The van der Waals surface area contributed by atoms with Gasteiger partial charge in [0.25, 0.3) is 0 Å². The molecule has 2 N–H and O–H groups in total. The molecule has 0 unspecified atom stereocenters. The second-order valence-corrected chi connectivity index (χ2v) is 5.29. The third-order valence-corrected chi connectivity index (χ3v) is 3.12. The van der Waals surface area contributed by atoms with Gasteiger partial charge in [-0.05, 0) is 25.0 Å². The van der Waals surface area contributed by atoms with E-state index in [1.165, 1.54) is 0 Å². The van der Waals surface area contributed by atoms with Gasteiger partial charge in [0.1, 0.15) is 0 Å². The van der Waals surface area contributed by atoms with Gasteiger partial charge in [0, 0.05) is 6.42 Å². The summed E-state index contributed by atoms with van der Waals surface area (Å²) in [7, 11) is -4.17. The highest BCUT2D eigenvalue weighted by atomic mass is 32.2. The highest BCUT2D eigenvalue weighted by Gasteiger charge is 2.17. The first kappa shape index (κ1) is 15.3. The fourth-order valence-corrected chi connectivity index (χ4v) is 1.85. The predicted molar refractivity (Wildman–Crippen MR) is 62.7 cm³/mol. The Balaban J connectivity index is 2.79. The Hall–Kier alpha value is -1.72. The molecular formula is C11H12F2N2O3S. The summed E-state index contributed by atoms with van der Waals surface area (Å²) in [5.74, 6) is -2.92. The maximum Gasteiger partial charge on any atom is 0.238 e. The lowest BCUT2D eigenvalue weighted by Gasteiger charge is -2.09. The number of primary sulfonamides is 1. The largest absolute Gasteiger partial charge is 0.488 e. The molecule has 1 aromatic rings. The molecule has 0 aliphatic carbocycles. The summed E-state index contributed by atoms with van der Waals surface area (Å²) in [5, 5.41) is 13.1. The van der Waals surface area contributed by atoms with E-state index in [0.717, 1.165) is 0 Å². The summed E-state index contributed by atoms with van der Waals surface area (Å²) < 4.78 is 53.8. The number of hydrogen-bond donors (Lipinski definition) is 1. The van der Waals surface area contributed by atoms with Gasteiger partial charge in [0.15, 0.2) is 17.4 Å². The molecule has 8 heteroatoms. The van der Waals surface area contributed by atoms with Gasteiger partial charge < -0.3 is 4.74 Å². The van der Waals surface area contributed by atoms with Crippen LogP contribution in [0, 0.1) is 23.0 Å². The molecule has 1 aromatic carbocycles. The van der Waals surface area contributed by atoms with Crippen LogP contribution in [0.4, 0.5) is 8.78 Å². The van der Waals surface area contributed by atoms with Crippen molar-refractivity contribution in [2.45, 2.75) is 24.2 Å². The number of nitriles is 1. The summed E-state index contributed by atoms with van der Waals surface area (Å²) in [5.41, 5.74) is 0. The lowest BCUT2D eigenvalue weighted by atomic mass is 10.2. The second kappa shape index (κ2) is 6.45. The maximum atomic E-state index is 13.5. The minimum atomic E-state index is -4.17. The number of halogens is 2. The monoisotopic (exact) mass is 290 g/mol. The fourth-order valence-electron chi connectivity index (χ4n) is 1.32. The van der Waals surface area contributed by atoms with Crippen LogP contribution in [0.15, 0.2) is 17.0 Å². The Kier molecular flexibility index (Phi) is 5.20. The zero-order valence-corrected chi connectivity index (χ0v) is 10.7. The maximum absolute atomic E-state index is 13.5. The minimum Gasteiger partial charge on any atom is -0.488 e. The molecule has 1 rings (SSSR count). The van der Waals surface area contributed by atoms with Gasteiger partial charge in [-0.1, -0.05) is 0 Å². The molecule has 0 atom stereocenters. The Morgan fingerprint density at radius 1 is 1.26 bits per heavy atom. The van der Waals surface area contributed by atoms with Crippen LogP contribution in [0.3, 0.4) is 0 Å². The van der Waals surface area contributed by atoms with E-state index in [0.29, 0.717) is 31.4 Å². The van der Waals surface area contributed by atoms with Gasteiger partial charge >= 0.3 is 0 Å². The van der Waals surface area contributed by atoms with Crippen LogP contribution in [0.5, 0.6) is 5.75 Å². The van der Waals surface area contributed by atoms with Gasteiger partial charge in [0.2, 0.25) is 10.0 Å². The SMILES string of the molecule is N#CCCCCOc1c(F)cc(S(N)(=O)=O)cc1F. The first-order valence-electron chi connectivity index (χ1n) is 5.38. The van der Waals surface area contributed by atoms with Crippen molar-refractivity contribution in [2.75, 3.05) is 6.61 Å². The van der Waals surface area contributed by atoms with Crippen LogP contribution in [0.1, 0.15) is 19.3 Å². The van der Waals surface area contributed by atoms with Crippen LogP contribution in [0.2, 0.25) is 0 Å². The van der Waals surface area contributed by atoms with Crippen molar-refractivity contribution in [1.29, 1.82) is 5.26 Å². The quantitative estimate of drug-likeness (QED) is 0.807. The molecule has 0 bridgehead atoms. The molecule has 104 valence electrons. The van der Waals surface area contributed by atoms with Crippen molar-refractivity contribution in [2.24, 2.45) is 5.14 Å². The van der Waals surface area contributed by atoms with E-state index in [2.05, 4.69) is 0 Å². The Labute approximate surface area is 109 Å². The van der Waals surface area contributed by atoms with Crippen molar-refractivity contribution in [1.82, 2.24) is 0 Å². The summed E-state index contributed by atoms with van der Waals surface area (Å²) in [4.78, 5) is -0.653. The first-order chi connectivity index (χ1) is 8.86. The molecule has 0 amide bonds. The number of ether oxygens (including phenoxy) is 1. The molecule has 0 radical (unpaired) electrons. The molecule has 19 heavy (non-hydrogen) atoms. The Bertz CT molecular complexity index is 573. The average molecular weight is 290 g/mol. The number of sulfonamides is 1. The molecule has 0 aliphatic heterocycles. The Morgan fingerprint density at radius 2 is 1.84 bits per heavy atom. The number of benzene rings is 1. The summed E-state index contributed by atoms with van der Waals surface area (Å²) in [6, 6.07) is 3.13. The van der Waals surface area contributed by atoms with E-state index in [1.807, 2.05) is 6.07 Å². The lowest BCUT2D eigenvalue weighted by molar-refractivity contribution is 0.276. The van der Waals surface area contributed by atoms with Crippen molar-refractivity contribution in [3.8, 4) is 11.8 Å². The van der Waals surface area contributed by atoms with Crippen LogP contribution in [-0.4, -0.2) is 15.0 Å². The minimum absolute atomic E-state index is 0.0320.